The summed E-state index contributed by atoms with van der Waals surface area (Å²) >= 11 is 0. The predicted molar refractivity (Wildman–Crippen MR) is 51.4 cm³/mol. The van der Waals surface area contributed by atoms with Crippen LogP contribution >= 0.6 is 0 Å². The summed E-state index contributed by atoms with van der Waals surface area (Å²) in [7, 11) is 3.58. The van der Waals surface area contributed by atoms with Crippen LogP contribution in [-0.4, -0.2) is 38.1 Å². The van der Waals surface area contributed by atoms with Gasteiger partial charge in [-0.05, 0) is 32.4 Å². The van der Waals surface area contributed by atoms with Gasteiger partial charge in [-0.2, -0.15) is 0 Å². The Morgan fingerprint density at radius 2 is 2.38 bits per heavy atom. The molecule has 0 aromatic carbocycles. The van der Waals surface area contributed by atoms with Crippen LogP contribution in [0.15, 0.2) is 0 Å². The first-order valence-corrected chi connectivity index (χ1v) is 4.95. The smallest absolute Gasteiger partial charge is 0.308 e. The minimum atomic E-state index is -0.0391. The van der Waals surface area contributed by atoms with Crippen LogP contribution in [0, 0.1) is 11.8 Å². The van der Waals surface area contributed by atoms with Crippen LogP contribution in [0.2, 0.25) is 0 Å². The summed E-state index contributed by atoms with van der Waals surface area (Å²) in [6.45, 7) is 4.20. The van der Waals surface area contributed by atoms with E-state index in [1.165, 1.54) is 7.11 Å². The summed E-state index contributed by atoms with van der Waals surface area (Å²) in [5.74, 6) is 0.570. The van der Waals surface area contributed by atoms with Gasteiger partial charge < -0.3 is 9.64 Å². The molecule has 0 N–H and O–H groups in total. The van der Waals surface area contributed by atoms with Crippen molar-refractivity contribution < 1.29 is 9.53 Å². The number of hydrogen-bond donors (Lipinski definition) is 0. The van der Waals surface area contributed by atoms with Gasteiger partial charge in [0.05, 0.1) is 13.0 Å². The third-order valence-corrected chi connectivity index (χ3v) is 2.94. The van der Waals surface area contributed by atoms with Gasteiger partial charge in [-0.1, -0.05) is 6.92 Å². The lowest BCUT2D eigenvalue weighted by molar-refractivity contribution is -0.147. The lowest BCUT2D eigenvalue weighted by Gasteiger charge is -2.19. The van der Waals surface area contributed by atoms with Gasteiger partial charge in [0.25, 0.3) is 0 Å². The van der Waals surface area contributed by atoms with E-state index in [9.17, 15) is 4.79 Å². The lowest BCUT2D eigenvalue weighted by Crippen LogP contribution is -2.26. The van der Waals surface area contributed by atoms with E-state index < -0.39 is 0 Å². The number of carbonyl (C=O) groups is 1. The Morgan fingerprint density at radius 1 is 1.69 bits per heavy atom. The van der Waals surface area contributed by atoms with E-state index >= 15 is 0 Å². The van der Waals surface area contributed by atoms with Gasteiger partial charge >= 0.3 is 5.97 Å². The summed E-state index contributed by atoms with van der Waals surface area (Å²) in [6.07, 6.45) is 2.02. The van der Waals surface area contributed by atoms with Crippen molar-refractivity contribution in [2.75, 3.05) is 27.2 Å². The van der Waals surface area contributed by atoms with Crippen molar-refractivity contribution in [3.63, 3.8) is 0 Å². The van der Waals surface area contributed by atoms with E-state index in [0.29, 0.717) is 5.92 Å². The molecule has 1 aliphatic rings. The molecule has 2 atom stereocenters. The topological polar surface area (TPSA) is 29.5 Å². The molecule has 1 saturated heterocycles. The van der Waals surface area contributed by atoms with Gasteiger partial charge in [0, 0.05) is 6.54 Å². The Kier molecular flexibility index (Phi) is 3.72. The molecule has 0 aromatic heterocycles. The fraction of sp³-hybridized carbons (Fsp3) is 0.900. The number of nitrogens with zero attached hydrogens (tertiary/aromatic N) is 1. The van der Waals surface area contributed by atoms with Gasteiger partial charge in [-0.25, -0.2) is 0 Å². The van der Waals surface area contributed by atoms with Crippen molar-refractivity contribution in [3.8, 4) is 0 Å². The van der Waals surface area contributed by atoms with Crippen LogP contribution < -0.4 is 0 Å². The van der Waals surface area contributed by atoms with E-state index in [1.807, 2.05) is 0 Å². The van der Waals surface area contributed by atoms with E-state index in [0.717, 1.165) is 25.9 Å². The molecule has 1 fully saturated rings. The normalized spacial score (nSPS) is 25.9. The van der Waals surface area contributed by atoms with Crippen molar-refractivity contribution in [1.29, 1.82) is 0 Å². The summed E-state index contributed by atoms with van der Waals surface area (Å²) in [5.41, 5.74) is 0. The highest BCUT2D eigenvalue weighted by Gasteiger charge is 2.31. The summed E-state index contributed by atoms with van der Waals surface area (Å²) in [4.78, 5) is 13.7. The highest BCUT2D eigenvalue weighted by atomic mass is 16.5. The van der Waals surface area contributed by atoms with Crippen LogP contribution in [0.3, 0.4) is 0 Å². The maximum atomic E-state index is 11.4. The van der Waals surface area contributed by atoms with Crippen molar-refractivity contribution in [2.45, 2.75) is 19.8 Å². The Balaban J connectivity index is 2.51. The number of ether oxygens (including phenoxy) is 1. The van der Waals surface area contributed by atoms with E-state index in [4.69, 9.17) is 4.74 Å². The van der Waals surface area contributed by atoms with Gasteiger partial charge in [0.15, 0.2) is 0 Å². The first-order chi connectivity index (χ1) is 6.19. The zero-order valence-electron chi connectivity index (χ0n) is 8.75. The molecule has 0 radical (unpaired) electrons. The summed E-state index contributed by atoms with van der Waals surface area (Å²) < 4.78 is 4.79. The van der Waals surface area contributed by atoms with Crippen LogP contribution in [0.1, 0.15) is 19.8 Å². The number of likely N-dealkylation sites (tertiary alicyclic amines) is 1. The average Bonchev–Trinajstić information content (AvgIpc) is 2.53. The molecule has 1 aliphatic heterocycles. The zero-order chi connectivity index (χ0) is 9.84. The van der Waals surface area contributed by atoms with Gasteiger partial charge in [0.1, 0.15) is 0 Å². The van der Waals surface area contributed by atoms with Gasteiger partial charge in [0.2, 0.25) is 0 Å². The van der Waals surface area contributed by atoms with Crippen LogP contribution in [0.5, 0.6) is 0 Å². The number of methoxy groups -OCH3 is 1. The molecule has 3 heteroatoms. The quantitative estimate of drug-likeness (QED) is 0.617. The monoisotopic (exact) mass is 185 g/mol. The molecule has 13 heavy (non-hydrogen) atoms. The highest BCUT2D eigenvalue weighted by Crippen LogP contribution is 2.26. The standard InChI is InChI=1S/C10H19NO2/c1-4-9(10(12)13-3)8-5-6-11(2)7-8/h8-9H,4-7H2,1-3H3. The third-order valence-electron chi connectivity index (χ3n) is 2.94. The van der Waals surface area contributed by atoms with Crippen LogP contribution in [0.25, 0.3) is 0 Å². The number of carbonyl (C=O) groups excluding carboxylic acids is 1. The first kappa shape index (κ1) is 10.5. The molecule has 0 spiro atoms. The lowest BCUT2D eigenvalue weighted by atomic mass is 9.89. The van der Waals surface area contributed by atoms with Crippen LogP contribution in [-0.2, 0) is 9.53 Å². The van der Waals surface area contributed by atoms with Crippen molar-refractivity contribution >= 4 is 5.97 Å². The predicted octanol–water partition coefficient (Wildman–Crippen LogP) is 1.14. The molecule has 0 amide bonds. The molecule has 3 nitrogen and oxygen atoms in total. The van der Waals surface area contributed by atoms with Gasteiger partial charge in [-0.15, -0.1) is 0 Å². The molecule has 1 heterocycles. The average molecular weight is 185 g/mol. The second kappa shape index (κ2) is 4.61. The molecular weight excluding hydrogens is 166 g/mol. The molecule has 0 bridgehead atoms. The van der Waals surface area contributed by atoms with Crippen LogP contribution in [0.4, 0.5) is 0 Å². The molecule has 0 saturated carbocycles. The van der Waals surface area contributed by atoms with E-state index in [2.05, 4.69) is 18.9 Å². The highest BCUT2D eigenvalue weighted by molar-refractivity contribution is 5.72. The Morgan fingerprint density at radius 3 is 2.77 bits per heavy atom. The molecule has 0 aliphatic carbocycles. The Hall–Kier alpha value is -0.570. The number of rotatable bonds is 3. The maximum Gasteiger partial charge on any atom is 0.308 e. The first-order valence-electron chi connectivity index (χ1n) is 4.95. The summed E-state index contributed by atoms with van der Waals surface area (Å²) in [5, 5.41) is 0. The Labute approximate surface area is 80.1 Å². The molecule has 1 rings (SSSR count). The minimum absolute atomic E-state index is 0.0391. The molecule has 0 aromatic rings. The fourth-order valence-corrected chi connectivity index (χ4v) is 2.14. The van der Waals surface area contributed by atoms with Crippen molar-refractivity contribution in [2.24, 2.45) is 11.8 Å². The maximum absolute atomic E-state index is 11.4. The largest absolute Gasteiger partial charge is 0.469 e. The summed E-state index contributed by atoms with van der Waals surface area (Å²) in [6, 6.07) is 0. The molecular formula is C10H19NO2. The fourth-order valence-electron chi connectivity index (χ4n) is 2.14. The second-order valence-electron chi connectivity index (χ2n) is 3.85. The van der Waals surface area contributed by atoms with Gasteiger partial charge in [-0.3, -0.25) is 4.79 Å². The molecule has 76 valence electrons. The van der Waals surface area contributed by atoms with Crippen molar-refractivity contribution in [1.82, 2.24) is 4.90 Å². The van der Waals surface area contributed by atoms with E-state index in [1.54, 1.807) is 0 Å². The zero-order valence-corrected chi connectivity index (χ0v) is 8.75. The van der Waals surface area contributed by atoms with Crippen molar-refractivity contribution in [3.05, 3.63) is 0 Å². The Bertz CT molecular complexity index is 182. The number of esters is 1. The van der Waals surface area contributed by atoms with E-state index in [-0.39, 0.29) is 11.9 Å². The minimum Gasteiger partial charge on any atom is -0.469 e. The second-order valence-corrected chi connectivity index (χ2v) is 3.85. The molecule has 2 unspecified atom stereocenters. The SMILES string of the molecule is CCC(C(=O)OC)C1CCN(C)C1. The third kappa shape index (κ3) is 2.44. The number of hydrogen-bond acceptors (Lipinski definition) is 3.